The van der Waals surface area contributed by atoms with Crippen molar-refractivity contribution in [2.45, 2.75) is 37.4 Å². The molecule has 0 atom stereocenters. The Balaban J connectivity index is 2.16. The molecule has 0 bridgehead atoms. The Bertz CT molecular complexity index is 605. The molecule has 1 fully saturated rings. The van der Waals surface area contributed by atoms with Crippen molar-refractivity contribution in [3.63, 3.8) is 0 Å². The third-order valence-corrected chi connectivity index (χ3v) is 5.77. The average Bonchev–Trinajstić information content (AvgIpc) is 2.42. The van der Waals surface area contributed by atoms with Crippen LogP contribution in [0.2, 0.25) is 0 Å². The quantitative estimate of drug-likeness (QED) is 0.804. The lowest BCUT2D eigenvalue weighted by Crippen LogP contribution is -2.30. The average molecular weight is 302 g/mol. The molecular weight excluding hydrogens is 286 g/mol. The van der Waals surface area contributed by atoms with Gasteiger partial charge in [-0.15, -0.1) is 0 Å². The number of benzene rings is 1. The zero-order valence-electron chi connectivity index (χ0n) is 10.9. The van der Waals surface area contributed by atoms with Gasteiger partial charge in [-0.3, -0.25) is 4.79 Å². The first kappa shape index (κ1) is 15.1. The largest absolute Gasteiger partial charge is 0.293 e. The molecule has 0 N–H and O–H groups in total. The normalized spacial score (nSPS) is 17.1. The van der Waals surface area contributed by atoms with Gasteiger partial charge in [0, 0.05) is 0 Å². The number of hydrogen-bond donors (Lipinski definition) is 0. The summed E-state index contributed by atoms with van der Waals surface area (Å²) in [5, 5.41) is -0.531. The fourth-order valence-corrected chi connectivity index (χ4v) is 4.32. The molecule has 0 spiro atoms. The van der Waals surface area contributed by atoms with E-state index >= 15 is 0 Å². The maximum atomic E-state index is 13.5. The summed E-state index contributed by atoms with van der Waals surface area (Å²) >= 11 is 0. The summed E-state index contributed by atoms with van der Waals surface area (Å²) in [7, 11) is -3.60. The van der Waals surface area contributed by atoms with E-state index in [0.717, 1.165) is 37.5 Å². The fourth-order valence-electron chi connectivity index (χ4n) is 2.51. The number of carbonyl (C=O) groups is 1. The lowest BCUT2D eigenvalue weighted by Gasteiger charge is -2.21. The molecule has 0 aromatic heterocycles. The van der Waals surface area contributed by atoms with Gasteiger partial charge in [0.15, 0.2) is 15.6 Å². The molecule has 0 aliphatic heterocycles. The van der Waals surface area contributed by atoms with Gasteiger partial charge in [-0.2, -0.15) is 0 Å². The molecule has 0 unspecified atom stereocenters. The Labute approximate surface area is 116 Å². The summed E-state index contributed by atoms with van der Waals surface area (Å²) in [6.45, 7) is 0. The second-order valence-corrected chi connectivity index (χ2v) is 7.40. The van der Waals surface area contributed by atoms with Crippen LogP contribution in [0.3, 0.4) is 0 Å². The van der Waals surface area contributed by atoms with Crippen molar-refractivity contribution in [2.24, 2.45) is 0 Å². The van der Waals surface area contributed by atoms with Crippen LogP contribution in [0.4, 0.5) is 8.78 Å². The molecule has 1 aromatic rings. The maximum Gasteiger partial charge on any atom is 0.180 e. The molecule has 1 saturated carbocycles. The Hall–Kier alpha value is -1.30. The summed E-state index contributed by atoms with van der Waals surface area (Å²) in [6, 6.07) is 2.46. The molecule has 1 aromatic carbocycles. The molecule has 0 saturated heterocycles. The van der Waals surface area contributed by atoms with Gasteiger partial charge in [0.25, 0.3) is 0 Å². The molecule has 110 valence electrons. The molecule has 1 aliphatic rings. The van der Waals surface area contributed by atoms with E-state index in [0.29, 0.717) is 12.8 Å². The van der Waals surface area contributed by atoms with Gasteiger partial charge in [-0.05, 0) is 31.0 Å². The maximum absolute atomic E-state index is 13.5. The Morgan fingerprint density at radius 1 is 1.15 bits per heavy atom. The minimum atomic E-state index is -3.60. The second kappa shape index (κ2) is 5.99. The predicted molar refractivity (Wildman–Crippen MR) is 71.3 cm³/mol. The van der Waals surface area contributed by atoms with Crippen molar-refractivity contribution in [1.82, 2.24) is 0 Å². The minimum absolute atomic E-state index is 0.496. The van der Waals surface area contributed by atoms with E-state index < -0.39 is 43.8 Å². The second-order valence-electron chi connectivity index (χ2n) is 5.11. The van der Waals surface area contributed by atoms with Gasteiger partial charge in [-0.1, -0.05) is 19.3 Å². The van der Waals surface area contributed by atoms with Crippen molar-refractivity contribution < 1.29 is 22.0 Å². The molecule has 0 amide bonds. The van der Waals surface area contributed by atoms with Crippen LogP contribution in [0.1, 0.15) is 42.5 Å². The molecule has 20 heavy (non-hydrogen) atoms. The molecule has 0 radical (unpaired) electrons. The Morgan fingerprint density at radius 2 is 1.80 bits per heavy atom. The van der Waals surface area contributed by atoms with Gasteiger partial charge in [0.05, 0.1) is 10.8 Å². The van der Waals surface area contributed by atoms with Crippen LogP contribution in [-0.2, 0) is 9.84 Å². The van der Waals surface area contributed by atoms with Crippen LogP contribution in [0.15, 0.2) is 18.2 Å². The molecular formula is C14H16F2O3S. The Morgan fingerprint density at radius 3 is 2.45 bits per heavy atom. The van der Waals surface area contributed by atoms with Crippen molar-refractivity contribution in [3.8, 4) is 0 Å². The first-order valence-corrected chi connectivity index (χ1v) is 8.31. The van der Waals surface area contributed by atoms with E-state index in [1.54, 1.807) is 0 Å². The molecule has 3 nitrogen and oxygen atoms in total. The van der Waals surface area contributed by atoms with E-state index in [4.69, 9.17) is 0 Å². The molecule has 2 rings (SSSR count). The third-order valence-electron chi connectivity index (χ3n) is 3.62. The van der Waals surface area contributed by atoms with E-state index in [-0.39, 0.29) is 0 Å². The summed E-state index contributed by atoms with van der Waals surface area (Å²) in [4.78, 5) is 11.9. The molecule has 0 heterocycles. The highest BCUT2D eigenvalue weighted by Gasteiger charge is 2.30. The zero-order chi connectivity index (χ0) is 14.8. The van der Waals surface area contributed by atoms with E-state index in [1.165, 1.54) is 0 Å². The number of Topliss-reactive ketones (excluding diaryl/α,β-unsaturated/α-hetero) is 1. The van der Waals surface area contributed by atoms with Gasteiger partial charge >= 0.3 is 0 Å². The molecule has 1 aliphatic carbocycles. The van der Waals surface area contributed by atoms with Crippen LogP contribution in [0, 0.1) is 11.6 Å². The topological polar surface area (TPSA) is 51.2 Å². The monoisotopic (exact) mass is 302 g/mol. The van der Waals surface area contributed by atoms with Crippen LogP contribution < -0.4 is 0 Å². The highest BCUT2D eigenvalue weighted by atomic mass is 32.2. The van der Waals surface area contributed by atoms with Gasteiger partial charge in [0.2, 0.25) is 0 Å². The van der Waals surface area contributed by atoms with Gasteiger partial charge < -0.3 is 0 Å². The highest BCUT2D eigenvalue weighted by Crippen LogP contribution is 2.25. The number of halogens is 2. The summed E-state index contributed by atoms with van der Waals surface area (Å²) in [6.07, 6.45) is 3.74. The summed E-state index contributed by atoms with van der Waals surface area (Å²) in [5.74, 6) is -3.29. The van der Waals surface area contributed by atoms with E-state index in [9.17, 15) is 22.0 Å². The van der Waals surface area contributed by atoms with Crippen LogP contribution >= 0.6 is 0 Å². The number of hydrogen-bond acceptors (Lipinski definition) is 3. The lowest BCUT2D eigenvalue weighted by molar-refractivity contribution is 0.101. The number of rotatable bonds is 4. The van der Waals surface area contributed by atoms with Crippen molar-refractivity contribution in [2.75, 3.05) is 5.75 Å². The van der Waals surface area contributed by atoms with Crippen LogP contribution in [-0.4, -0.2) is 25.2 Å². The minimum Gasteiger partial charge on any atom is -0.293 e. The van der Waals surface area contributed by atoms with Crippen molar-refractivity contribution in [3.05, 3.63) is 35.4 Å². The molecule has 6 heteroatoms. The number of carbonyl (C=O) groups excluding carboxylic acids is 1. The van der Waals surface area contributed by atoms with Gasteiger partial charge in [-0.25, -0.2) is 17.2 Å². The smallest absolute Gasteiger partial charge is 0.180 e. The first-order valence-electron chi connectivity index (χ1n) is 6.60. The third kappa shape index (κ3) is 3.42. The summed E-state index contributed by atoms with van der Waals surface area (Å²) < 4.78 is 50.7. The first-order chi connectivity index (χ1) is 9.40. The van der Waals surface area contributed by atoms with Crippen LogP contribution in [0.25, 0.3) is 0 Å². The number of ketones is 1. The SMILES string of the molecule is O=C(CS(=O)(=O)C1CCCCC1)c1cc(F)ccc1F. The van der Waals surface area contributed by atoms with E-state index in [2.05, 4.69) is 0 Å². The standard InChI is InChI=1S/C14H16F2O3S/c15-10-6-7-13(16)12(8-10)14(17)9-20(18,19)11-4-2-1-3-5-11/h6-8,11H,1-5,9H2. The van der Waals surface area contributed by atoms with Crippen molar-refractivity contribution in [1.29, 1.82) is 0 Å². The zero-order valence-corrected chi connectivity index (χ0v) is 11.8. The Kier molecular flexibility index (Phi) is 4.52. The number of sulfone groups is 1. The van der Waals surface area contributed by atoms with Gasteiger partial charge in [0.1, 0.15) is 17.4 Å². The summed E-state index contributed by atoms with van der Waals surface area (Å²) in [5.41, 5.74) is -0.496. The fraction of sp³-hybridized carbons (Fsp3) is 0.500. The van der Waals surface area contributed by atoms with Crippen LogP contribution in [0.5, 0.6) is 0 Å². The lowest BCUT2D eigenvalue weighted by atomic mass is 10.0. The van der Waals surface area contributed by atoms with E-state index in [1.807, 2.05) is 0 Å². The highest BCUT2D eigenvalue weighted by molar-refractivity contribution is 7.92. The van der Waals surface area contributed by atoms with Crippen molar-refractivity contribution >= 4 is 15.6 Å². The predicted octanol–water partition coefficient (Wildman–Crippen LogP) is 2.90.